The van der Waals surface area contributed by atoms with Crippen molar-refractivity contribution in [2.75, 3.05) is 20.2 Å². The molecule has 0 radical (unpaired) electrons. The SMILES string of the molecule is COc1cccc(CCC(=O)N[C@H]2CCCNC2)c1.Cl. The summed E-state index contributed by atoms with van der Waals surface area (Å²) in [6, 6.07) is 8.17. The first-order valence-electron chi connectivity index (χ1n) is 6.91. The summed E-state index contributed by atoms with van der Waals surface area (Å²) in [5, 5.41) is 6.38. The number of nitrogens with one attached hydrogen (secondary N) is 2. The molecule has 20 heavy (non-hydrogen) atoms. The Labute approximate surface area is 126 Å². The van der Waals surface area contributed by atoms with Crippen molar-refractivity contribution in [2.45, 2.75) is 31.7 Å². The minimum Gasteiger partial charge on any atom is -0.497 e. The van der Waals surface area contributed by atoms with E-state index in [1.54, 1.807) is 7.11 Å². The lowest BCUT2D eigenvalue weighted by Gasteiger charge is -2.23. The van der Waals surface area contributed by atoms with E-state index in [0.29, 0.717) is 12.5 Å². The summed E-state index contributed by atoms with van der Waals surface area (Å²) in [6.45, 7) is 1.96. The summed E-state index contributed by atoms with van der Waals surface area (Å²) in [7, 11) is 1.65. The van der Waals surface area contributed by atoms with E-state index < -0.39 is 0 Å². The molecule has 0 aliphatic carbocycles. The predicted molar refractivity (Wildman–Crippen MR) is 82.6 cm³/mol. The van der Waals surface area contributed by atoms with Crippen LogP contribution >= 0.6 is 12.4 Å². The van der Waals surface area contributed by atoms with Crippen molar-refractivity contribution in [3.8, 4) is 5.75 Å². The maximum Gasteiger partial charge on any atom is 0.220 e. The molecule has 2 N–H and O–H groups in total. The number of halogens is 1. The number of rotatable bonds is 5. The maximum atomic E-state index is 11.9. The Morgan fingerprint density at radius 2 is 2.35 bits per heavy atom. The van der Waals surface area contributed by atoms with Gasteiger partial charge in [-0.1, -0.05) is 12.1 Å². The van der Waals surface area contributed by atoms with Gasteiger partial charge >= 0.3 is 0 Å². The lowest BCUT2D eigenvalue weighted by molar-refractivity contribution is -0.121. The second kappa shape index (κ2) is 8.82. The number of hydrogen-bond donors (Lipinski definition) is 2. The summed E-state index contributed by atoms with van der Waals surface area (Å²) in [4.78, 5) is 11.9. The molecule has 1 aromatic carbocycles. The topological polar surface area (TPSA) is 50.4 Å². The van der Waals surface area contributed by atoms with E-state index in [1.807, 2.05) is 24.3 Å². The average Bonchev–Trinajstić information content (AvgIpc) is 2.46. The summed E-state index contributed by atoms with van der Waals surface area (Å²) >= 11 is 0. The Balaban J connectivity index is 0.00000200. The molecule has 1 aromatic rings. The molecule has 2 rings (SSSR count). The fourth-order valence-electron chi connectivity index (χ4n) is 2.36. The van der Waals surface area contributed by atoms with E-state index in [4.69, 9.17) is 4.74 Å². The minimum atomic E-state index is 0. The van der Waals surface area contributed by atoms with E-state index >= 15 is 0 Å². The first kappa shape index (κ1) is 16.8. The summed E-state index contributed by atoms with van der Waals surface area (Å²) in [5.74, 6) is 0.978. The Morgan fingerprint density at radius 1 is 1.50 bits per heavy atom. The van der Waals surface area contributed by atoms with Gasteiger partial charge in [0.05, 0.1) is 7.11 Å². The van der Waals surface area contributed by atoms with Crippen LogP contribution in [-0.2, 0) is 11.2 Å². The van der Waals surface area contributed by atoms with E-state index in [0.717, 1.165) is 43.7 Å². The fraction of sp³-hybridized carbons (Fsp3) is 0.533. The van der Waals surface area contributed by atoms with Gasteiger partial charge in [0, 0.05) is 19.0 Å². The molecule has 0 aromatic heterocycles. The minimum absolute atomic E-state index is 0. The monoisotopic (exact) mass is 298 g/mol. The normalized spacial score (nSPS) is 17.9. The molecule has 112 valence electrons. The van der Waals surface area contributed by atoms with Crippen LogP contribution in [0.3, 0.4) is 0 Å². The number of methoxy groups -OCH3 is 1. The third-order valence-electron chi connectivity index (χ3n) is 3.44. The van der Waals surface area contributed by atoms with Gasteiger partial charge < -0.3 is 15.4 Å². The van der Waals surface area contributed by atoms with E-state index in [9.17, 15) is 4.79 Å². The van der Waals surface area contributed by atoms with Gasteiger partial charge in [-0.25, -0.2) is 0 Å². The molecule has 0 spiro atoms. The van der Waals surface area contributed by atoms with Crippen molar-refractivity contribution in [1.82, 2.24) is 10.6 Å². The van der Waals surface area contributed by atoms with Crippen LogP contribution in [0.5, 0.6) is 5.75 Å². The van der Waals surface area contributed by atoms with Crippen LogP contribution in [0.4, 0.5) is 0 Å². The van der Waals surface area contributed by atoms with Gasteiger partial charge in [-0.3, -0.25) is 4.79 Å². The highest BCUT2D eigenvalue weighted by molar-refractivity contribution is 5.85. The number of ether oxygens (including phenoxy) is 1. The fourth-order valence-corrected chi connectivity index (χ4v) is 2.36. The van der Waals surface area contributed by atoms with Crippen LogP contribution < -0.4 is 15.4 Å². The summed E-state index contributed by atoms with van der Waals surface area (Å²) < 4.78 is 5.17. The van der Waals surface area contributed by atoms with E-state index in [1.165, 1.54) is 0 Å². The first-order valence-corrected chi connectivity index (χ1v) is 6.91. The molecule has 0 unspecified atom stereocenters. The Hall–Kier alpha value is -1.26. The summed E-state index contributed by atoms with van der Waals surface area (Å²) in [5.41, 5.74) is 1.14. The van der Waals surface area contributed by atoms with Gasteiger partial charge in [0.25, 0.3) is 0 Å². The number of carbonyl (C=O) groups excluding carboxylic acids is 1. The quantitative estimate of drug-likeness (QED) is 0.873. The largest absolute Gasteiger partial charge is 0.497 e. The Morgan fingerprint density at radius 3 is 3.05 bits per heavy atom. The molecule has 1 amide bonds. The van der Waals surface area contributed by atoms with Crippen LogP contribution in [0.1, 0.15) is 24.8 Å². The number of piperidine rings is 1. The predicted octanol–water partition coefficient (Wildman–Crippen LogP) is 1.92. The number of aryl methyl sites for hydroxylation is 1. The zero-order valence-electron chi connectivity index (χ0n) is 11.9. The summed E-state index contributed by atoms with van der Waals surface area (Å²) in [6.07, 6.45) is 3.51. The Bertz CT molecular complexity index is 420. The third kappa shape index (κ3) is 5.39. The van der Waals surface area contributed by atoms with Crippen molar-refractivity contribution >= 4 is 18.3 Å². The first-order chi connectivity index (χ1) is 9.28. The molecule has 1 fully saturated rings. The Kier molecular flexibility index (Phi) is 7.41. The molecule has 1 heterocycles. The van der Waals surface area contributed by atoms with Crippen molar-refractivity contribution < 1.29 is 9.53 Å². The highest BCUT2D eigenvalue weighted by Crippen LogP contribution is 2.14. The van der Waals surface area contributed by atoms with Crippen LogP contribution in [0.2, 0.25) is 0 Å². The zero-order chi connectivity index (χ0) is 13.5. The molecule has 1 aliphatic rings. The molecule has 0 bridgehead atoms. The molecule has 0 saturated carbocycles. The lowest BCUT2D eigenvalue weighted by Crippen LogP contribution is -2.45. The van der Waals surface area contributed by atoms with Crippen molar-refractivity contribution in [1.29, 1.82) is 0 Å². The molecule has 1 atom stereocenters. The van der Waals surface area contributed by atoms with Crippen LogP contribution in [-0.4, -0.2) is 32.1 Å². The number of carbonyl (C=O) groups is 1. The van der Waals surface area contributed by atoms with Gasteiger partial charge in [0.1, 0.15) is 5.75 Å². The van der Waals surface area contributed by atoms with Gasteiger partial charge in [-0.15, -0.1) is 12.4 Å². The van der Waals surface area contributed by atoms with Gasteiger partial charge in [0.2, 0.25) is 5.91 Å². The van der Waals surface area contributed by atoms with Crippen molar-refractivity contribution in [2.24, 2.45) is 0 Å². The molecule has 5 heteroatoms. The van der Waals surface area contributed by atoms with Crippen LogP contribution in [0.25, 0.3) is 0 Å². The average molecular weight is 299 g/mol. The highest BCUT2D eigenvalue weighted by atomic mass is 35.5. The maximum absolute atomic E-state index is 11.9. The molecule has 1 saturated heterocycles. The molecular formula is C15H23ClN2O2. The number of hydrogen-bond acceptors (Lipinski definition) is 3. The van der Waals surface area contributed by atoms with E-state index in [-0.39, 0.29) is 18.3 Å². The highest BCUT2D eigenvalue weighted by Gasteiger charge is 2.14. The van der Waals surface area contributed by atoms with Crippen LogP contribution in [0.15, 0.2) is 24.3 Å². The van der Waals surface area contributed by atoms with Crippen LogP contribution in [0, 0.1) is 0 Å². The molecule has 1 aliphatic heterocycles. The van der Waals surface area contributed by atoms with Gasteiger partial charge in [0.15, 0.2) is 0 Å². The lowest BCUT2D eigenvalue weighted by atomic mass is 10.1. The number of benzene rings is 1. The van der Waals surface area contributed by atoms with Crippen molar-refractivity contribution in [3.63, 3.8) is 0 Å². The second-order valence-electron chi connectivity index (χ2n) is 4.96. The second-order valence-corrected chi connectivity index (χ2v) is 4.96. The third-order valence-corrected chi connectivity index (χ3v) is 3.44. The zero-order valence-corrected chi connectivity index (χ0v) is 12.7. The van der Waals surface area contributed by atoms with Gasteiger partial charge in [-0.2, -0.15) is 0 Å². The molecular weight excluding hydrogens is 276 g/mol. The molecule has 4 nitrogen and oxygen atoms in total. The van der Waals surface area contributed by atoms with Crippen molar-refractivity contribution in [3.05, 3.63) is 29.8 Å². The number of amides is 1. The smallest absolute Gasteiger partial charge is 0.220 e. The van der Waals surface area contributed by atoms with E-state index in [2.05, 4.69) is 10.6 Å². The standard InChI is InChI=1S/C15H22N2O2.ClH/c1-19-14-6-2-4-12(10-14)7-8-15(18)17-13-5-3-9-16-11-13;/h2,4,6,10,13,16H,3,5,7-9,11H2,1H3,(H,17,18);1H/t13-;/m0./s1. The van der Waals surface area contributed by atoms with Gasteiger partial charge in [-0.05, 0) is 43.5 Å².